The van der Waals surface area contributed by atoms with Gasteiger partial charge in [-0.15, -0.1) is 0 Å². The van der Waals surface area contributed by atoms with Crippen LogP contribution in [0.2, 0.25) is 0 Å². The summed E-state index contributed by atoms with van der Waals surface area (Å²) in [6.07, 6.45) is 1.37. The van der Waals surface area contributed by atoms with Gasteiger partial charge in [-0.05, 0) is 12.5 Å². The van der Waals surface area contributed by atoms with E-state index in [-0.39, 0.29) is 17.9 Å². The van der Waals surface area contributed by atoms with Gasteiger partial charge in [0.1, 0.15) is 12.5 Å². The van der Waals surface area contributed by atoms with Gasteiger partial charge in [-0.1, -0.05) is 12.1 Å². The second kappa shape index (κ2) is 10.3. The Morgan fingerprint density at radius 2 is 2.06 bits per heavy atom. The van der Waals surface area contributed by atoms with Crippen molar-refractivity contribution >= 4 is 23.3 Å². The molecule has 1 aromatic carbocycles. The van der Waals surface area contributed by atoms with Gasteiger partial charge < -0.3 is 14.2 Å². The van der Waals surface area contributed by atoms with Gasteiger partial charge in [0.15, 0.2) is 0 Å². The lowest BCUT2D eigenvalue weighted by Gasteiger charge is -2.30. The summed E-state index contributed by atoms with van der Waals surface area (Å²) >= 11 is 0. The minimum absolute atomic E-state index is 0.138. The highest BCUT2D eigenvalue weighted by atomic mass is 16.6. The summed E-state index contributed by atoms with van der Waals surface area (Å²) in [6.45, 7) is 5.21. The number of aliphatic imine (C=N–C) groups is 1. The maximum Gasteiger partial charge on any atom is 0.336 e. The summed E-state index contributed by atoms with van der Waals surface area (Å²) in [4.78, 5) is 42.5. The molecule has 0 radical (unpaired) electrons. The predicted molar refractivity (Wildman–Crippen MR) is 111 cm³/mol. The molecular formula is C21H25N3O7. The van der Waals surface area contributed by atoms with E-state index >= 15 is 0 Å². The molecule has 2 aliphatic rings. The van der Waals surface area contributed by atoms with Crippen LogP contribution in [0.15, 0.2) is 41.0 Å². The van der Waals surface area contributed by atoms with Gasteiger partial charge in [0.05, 0.1) is 30.8 Å². The van der Waals surface area contributed by atoms with Crippen LogP contribution in [0.3, 0.4) is 0 Å². The Morgan fingerprint density at radius 3 is 2.74 bits per heavy atom. The van der Waals surface area contributed by atoms with Crippen LogP contribution in [0.25, 0.3) is 0 Å². The number of methoxy groups -OCH3 is 1. The first-order valence-corrected chi connectivity index (χ1v) is 9.96. The van der Waals surface area contributed by atoms with Gasteiger partial charge in [-0.3, -0.25) is 24.8 Å². The molecule has 0 N–H and O–H groups in total. The van der Waals surface area contributed by atoms with E-state index in [1.165, 1.54) is 31.5 Å². The molecule has 10 nitrogen and oxygen atoms in total. The van der Waals surface area contributed by atoms with E-state index in [0.29, 0.717) is 31.0 Å². The smallest absolute Gasteiger partial charge is 0.336 e. The van der Waals surface area contributed by atoms with Crippen molar-refractivity contribution in [1.29, 1.82) is 0 Å². The minimum Gasteiger partial charge on any atom is -0.468 e. The third-order valence-corrected chi connectivity index (χ3v) is 5.40. The van der Waals surface area contributed by atoms with Crippen LogP contribution in [0, 0.1) is 16.0 Å². The SMILES string of the molecule is COC(=O)C1C(C)=NC=C(C(=O)OCCN2CCOCC2)C1c1cccc([N+](=O)[O-])c1. The van der Waals surface area contributed by atoms with Crippen LogP contribution >= 0.6 is 0 Å². The van der Waals surface area contributed by atoms with Crippen molar-refractivity contribution in [2.24, 2.45) is 10.9 Å². The van der Waals surface area contributed by atoms with E-state index in [0.717, 1.165) is 13.1 Å². The number of morpholine rings is 1. The summed E-state index contributed by atoms with van der Waals surface area (Å²) in [5, 5.41) is 11.2. The highest BCUT2D eigenvalue weighted by Gasteiger charge is 2.41. The van der Waals surface area contributed by atoms with Crippen LogP contribution in [0.1, 0.15) is 18.4 Å². The molecule has 0 aliphatic carbocycles. The molecule has 1 fully saturated rings. The lowest BCUT2D eigenvalue weighted by Crippen LogP contribution is -2.39. The fourth-order valence-electron chi connectivity index (χ4n) is 3.75. The molecule has 1 aromatic rings. The second-order valence-electron chi connectivity index (χ2n) is 7.28. The van der Waals surface area contributed by atoms with Crippen molar-refractivity contribution in [3.8, 4) is 0 Å². The monoisotopic (exact) mass is 431 g/mol. The van der Waals surface area contributed by atoms with Crippen LogP contribution < -0.4 is 0 Å². The summed E-state index contributed by atoms with van der Waals surface area (Å²) in [7, 11) is 1.25. The zero-order valence-corrected chi connectivity index (χ0v) is 17.5. The summed E-state index contributed by atoms with van der Waals surface area (Å²) in [5.74, 6) is -2.89. The molecule has 0 amide bonds. The Labute approximate surface area is 179 Å². The number of hydrogen-bond donors (Lipinski definition) is 0. The molecule has 1 saturated heterocycles. The van der Waals surface area contributed by atoms with E-state index < -0.39 is 28.7 Å². The van der Waals surface area contributed by atoms with Gasteiger partial charge in [-0.25, -0.2) is 4.79 Å². The van der Waals surface area contributed by atoms with Gasteiger partial charge in [0.25, 0.3) is 5.69 Å². The molecule has 2 aliphatic heterocycles. The molecule has 0 bridgehead atoms. The zero-order chi connectivity index (χ0) is 22.4. The molecule has 0 aromatic heterocycles. The molecule has 2 heterocycles. The number of nitro benzene ring substituents is 1. The Balaban J connectivity index is 1.84. The van der Waals surface area contributed by atoms with Crippen LogP contribution in [-0.4, -0.2) is 74.0 Å². The summed E-state index contributed by atoms with van der Waals surface area (Å²) in [6, 6.07) is 5.86. The fourth-order valence-corrected chi connectivity index (χ4v) is 3.75. The van der Waals surface area contributed by atoms with Crippen molar-refractivity contribution in [2.45, 2.75) is 12.8 Å². The average molecular weight is 431 g/mol. The first kappa shape index (κ1) is 22.6. The topological polar surface area (TPSA) is 121 Å². The van der Waals surface area contributed by atoms with Gasteiger partial charge >= 0.3 is 11.9 Å². The highest BCUT2D eigenvalue weighted by Crippen LogP contribution is 2.38. The molecular weight excluding hydrogens is 406 g/mol. The van der Waals surface area contributed by atoms with Gasteiger partial charge in [0.2, 0.25) is 0 Å². The number of esters is 2. The number of hydrogen-bond acceptors (Lipinski definition) is 9. The van der Waals surface area contributed by atoms with Crippen LogP contribution in [0.4, 0.5) is 5.69 Å². The largest absolute Gasteiger partial charge is 0.468 e. The van der Waals surface area contributed by atoms with E-state index in [1.54, 1.807) is 13.0 Å². The molecule has 3 rings (SSSR count). The normalized spacial score (nSPS) is 21.6. The van der Waals surface area contributed by atoms with E-state index in [2.05, 4.69) is 9.89 Å². The number of rotatable bonds is 7. The number of non-ortho nitro benzene ring substituents is 1. The Hall–Kier alpha value is -3.11. The van der Waals surface area contributed by atoms with Crippen molar-refractivity contribution in [3.05, 3.63) is 51.7 Å². The maximum atomic E-state index is 12.9. The molecule has 2 unspecified atom stereocenters. The Kier molecular flexibility index (Phi) is 7.48. The van der Waals surface area contributed by atoms with Crippen molar-refractivity contribution in [2.75, 3.05) is 46.6 Å². The molecule has 0 saturated carbocycles. The van der Waals surface area contributed by atoms with E-state index in [9.17, 15) is 19.7 Å². The Morgan fingerprint density at radius 1 is 1.32 bits per heavy atom. The van der Waals surface area contributed by atoms with Crippen molar-refractivity contribution in [3.63, 3.8) is 0 Å². The van der Waals surface area contributed by atoms with E-state index in [4.69, 9.17) is 14.2 Å². The summed E-state index contributed by atoms with van der Waals surface area (Å²) < 4.78 is 15.7. The Bertz CT molecular complexity index is 906. The number of nitro groups is 1. The molecule has 0 spiro atoms. The third-order valence-electron chi connectivity index (χ3n) is 5.40. The third kappa shape index (κ3) is 5.33. The molecule has 2 atom stereocenters. The van der Waals surface area contributed by atoms with Crippen molar-refractivity contribution in [1.82, 2.24) is 4.90 Å². The molecule has 10 heteroatoms. The second-order valence-corrected chi connectivity index (χ2v) is 7.28. The number of carbonyl (C=O) groups is 2. The van der Waals surface area contributed by atoms with Crippen molar-refractivity contribution < 1.29 is 28.7 Å². The highest BCUT2D eigenvalue weighted by molar-refractivity contribution is 6.06. The quantitative estimate of drug-likeness (QED) is 0.363. The first-order valence-electron chi connectivity index (χ1n) is 9.96. The van der Waals surface area contributed by atoms with Crippen LogP contribution in [-0.2, 0) is 23.8 Å². The standard InChI is InChI=1S/C21H25N3O7/c1-14-18(21(26)29-2)19(15-4-3-5-16(12-15)24(27)28)17(13-22-14)20(25)31-11-8-23-6-9-30-10-7-23/h3-5,12-13,18-19H,6-11H2,1-2H3. The minimum atomic E-state index is -0.890. The number of benzene rings is 1. The predicted octanol–water partition coefficient (Wildman–Crippen LogP) is 1.70. The van der Waals surface area contributed by atoms with Crippen LogP contribution in [0.5, 0.6) is 0 Å². The zero-order valence-electron chi connectivity index (χ0n) is 17.5. The van der Waals surface area contributed by atoms with E-state index in [1.807, 2.05) is 0 Å². The number of carbonyl (C=O) groups excluding carboxylic acids is 2. The first-order chi connectivity index (χ1) is 14.9. The lowest BCUT2D eigenvalue weighted by atomic mass is 9.77. The van der Waals surface area contributed by atoms with Gasteiger partial charge in [0, 0.05) is 49.6 Å². The lowest BCUT2D eigenvalue weighted by molar-refractivity contribution is -0.384. The number of nitrogens with zero attached hydrogens (tertiary/aromatic N) is 3. The summed E-state index contributed by atoms with van der Waals surface area (Å²) in [5.41, 5.74) is 0.910. The molecule has 31 heavy (non-hydrogen) atoms. The van der Waals surface area contributed by atoms with Gasteiger partial charge in [-0.2, -0.15) is 0 Å². The maximum absolute atomic E-state index is 12.9. The molecule has 166 valence electrons. The fraction of sp³-hybridized carbons (Fsp3) is 0.476. The average Bonchev–Trinajstić information content (AvgIpc) is 2.79. The number of ether oxygens (including phenoxy) is 3.